The van der Waals surface area contributed by atoms with Gasteiger partial charge in [0.2, 0.25) is 0 Å². The standard InChI is InChI=1S/C10H20N2/c1-9(2,3)6-7-12-10(4,5)8-11/h12H,6-7H2,1-5H3. The first-order valence-electron chi connectivity index (χ1n) is 4.43. The molecule has 0 unspecified atom stereocenters. The van der Waals surface area contributed by atoms with Crippen LogP contribution in [0.5, 0.6) is 0 Å². The molecule has 0 aromatic heterocycles. The van der Waals surface area contributed by atoms with Crippen molar-refractivity contribution in [1.82, 2.24) is 5.32 Å². The Labute approximate surface area is 76.0 Å². The fourth-order valence-corrected chi connectivity index (χ4v) is 0.790. The summed E-state index contributed by atoms with van der Waals surface area (Å²) in [6.07, 6.45) is 1.10. The Balaban J connectivity index is 3.66. The molecular formula is C10H20N2. The van der Waals surface area contributed by atoms with E-state index in [4.69, 9.17) is 5.26 Å². The second-order valence-corrected chi connectivity index (χ2v) is 4.97. The summed E-state index contributed by atoms with van der Waals surface area (Å²) < 4.78 is 0. The van der Waals surface area contributed by atoms with Gasteiger partial charge in [0.15, 0.2) is 0 Å². The predicted octanol–water partition coefficient (Wildman–Crippen LogP) is 2.31. The minimum atomic E-state index is -0.384. The average Bonchev–Trinajstić information content (AvgIpc) is 1.84. The first-order chi connectivity index (χ1) is 5.27. The third-order valence-electron chi connectivity index (χ3n) is 1.72. The number of hydrogen-bond acceptors (Lipinski definition) is 2. The second-order valence-electron chi connectivity index (χ2n) is 4.97. The molecule has 0 aromatic rings. The molecule has 0 aromatic carbocycles. The number of rotatable bonds is 3. The topological polar surface area (TPSA) is 35.8 Å². The van der Waals surface area contributed by atoms with Crippen LogP contribution < -0.4 is 5.32 Å². The fourth-order valence-electron chi connectivity index (χ4n) is 0.790. The molecule has 0 saturated carbocycles. The van der Waals surface area contributed by atoms with Crippen molar-refractivity contribution in [2.24, 2.45) is 5.41 Å². The first-order valence-corrected chi connectivity index (χ1v) is 4.43. The summed E-state index contributed by atoms with van der Waals surface area (Å²) in [5.41, 5.74) is -0.0379. The first kappa shape index (κ1) is 11.4. The summed E-state index contributed by atoms with van der Waals surface area (Å²) in [5.74, 6) is 0. The molecule has 0 aliphatic carbocycles. The molecular weight excluding hydrogens is 148 g/mol. The van der Waals surface area contributed by atoms with Crippen LogP contribution in [0.15, 0.2) is 0 Å². The van der Waals surface area contributed by atoms with Gasteiger partial charge in [-0.05, 0) is 32.2 Å². The van der Waals surface area contributed by atoms with Crippen molar-refractivity contribution in [3.63, 3.8) is 0 Å². The molecule has 0 aliphatic heterocycles. The predicted molar refractivity (Wildman–Crippen MR) is 51.8 cm³/mol. The van der Waals surface area contributed by atoms with Gasteiger partial charge in [-0.2, -0.15) is 5.26 Å². The van der Waals surface area contributed by atoms with Crippen molar-refractivity contribution in [3.05, 3.63) is 0 Å². The lowest BCUT2D eigenvalue weighted by Crippen LogP contribution is -2.39. The molecule has 0 fully saturated rings. The largest absolute Gasteiger partial charge is 0.300 e. The summed E-state index contributed by atoms with van der Waals surface area (Å²) in [4.78, 5) is 0. The molecule has 0 aliphatic rings. The molecule has 1 N–H and O–H groups in total. The number of hydrogen-bond donors (Lipinski definition) is 1. The Bertz CT molecular complexity index is 169. The molecule has 12 heavy (non-hydrogen) atoms. The van der Waals surface area contributed by atoms with E-state index in [0.717, 1.165) is 13.0 Å². The van der Waals surface area contributed by atoms with Gasteiger partial charge >= 0.3 is 0 Å². The Morgan fingerprint density at radius 1 is 1.17 bits per heavy atom. The maximum Gasteiger partial charge on any atom is 0.101 e. The minimum Gasteiger partial charge on any atom is -0.300 e. The van der Waals surface area contributed by atoms with Crippen LogP contribution in [0.1, 0.15) is 41.0 Å². The van der Waals surface area contributed by atoms with E-state index in [0.29, 0.717) is 5.41 Å². The summed E-state index contributed by atoms with van der Waals surface area (Å²) in [6.45, 7) is 11.3. The molecule has 0 amide bonds. The van der Waals surface area contributed by atoms with Crippen LogP contribution in [-0.2, 0) is 0 Å². The van der Waals surface area contributed by atoms with E-state index in [1.165, 1.54) is 0 Å². The van der Waals surface area contributed by atoms with Gasteiger partial charge in [-0.1, -0.05) is 20.8 Å². The van der Waals surface area contributed by atoms with Crippen molar-refractivity contribution >= 4 is 0 Å². The van der Waals surface area contributed by atoms with Crippen LogP contribution in [0.3, 0.4) is 0 Å². The molecule has 0 atom stereocenters. The molecule has 0 bridgehead atoms. The average molecular weight is 168 g/mol. The maximum atomic E-state index is 8.71. The van der Waals surface area contributed by atoms with E-state index in [9.17, 15) is 0 Å². The molecule has 0 saturated heterocycles. The van der Waals surface area contributed by atoms with Gasteiger partial charge in [-0.25, -0.2) is 0 Å². The van der Waals surface area contributed by atoms with Crippen molar-refractivity contribution < 1.29 is 0 Å². The van der Waals surface area contributed by atoms with Crippen molar-refractivity contribution in [2.75, 3.05) is 6.54 Å². The Morgan fingerprint density at radius 2 is 1.67 bits per heavy atom. The molecule has 0 radical (unpaired) electrons. The maximum absolute atomic E-state index is 8.71. The molecule has 70 valence electrons. The van der Waals surface area contributed by atoms with Crippen molar-refractivity contribution in [3.8, 4) is 6.07 Å². The zero-order valence-corrected chi connectivity index (χ0v) is 8.86. The normalized spacial score (nSPS) is 12.7. The summed E-state index contributed by atoms with van der Waals surface area (Å²) in [6, 6.07) is 2.22. The summed E-state index contributed by atoms with van der Waals surface area (Å²) in [5, 5.41) is 11.9. The van der Waals surface area contributed by atoms with Gasteiger partial charge in [0, 0.05) is 0 Å². The van der Waals surface area contributed by atoms with E-state index in [-0.39, 0.29) is 5.54 Å². The monoisotopic (exact) mass is 168 g/mol. The van der Waals surface area contributed by atoms with Crippen LogP contribution in [0.4, 0.5) is 0 Å². The highest BCUT2D eigenvalue weighted by atomic mass is 14.9. The van der Waals surface area contributed by atoms with E-state index >= 15 is 0 Å². The third-order valence-corrected chi connectivity index (χ3v) is 1.72. The van der Waals surface area contributed by atoms with Crippen LogP contribution in [0.25, 0.3) is 0 Å². The van der Waals surface area contributed by atoms with Gasteiger partial charge in [0.1, 0.15) is 5.54 Å². The molecule has 2 nitrogen and oxygen atoms in total. The van der Waals surface area contributed by atoms with Gasteiger partial charge in [-0.15, -0.1) is 0 Å². The molecule has 2 heteroatoms. The van der Waals surface area contributed by atoms with Gasteiger partial charge in [-0.3, -0.25) is 5.32 Å². The lowest BCUT2D eigenvalue weighted by Gasteiger charge is -2.22. The van der Waals surface area contributed by atoms with Crippen molar-refractivity contribution in [1.29, 1.82) is 5.26 Å². The minimum absolute atomic E-state index is 0.346. The van der Waals surface area contributed by atoms with E-state index in [1.54, 1.807) is 0 Å². The zero-order chi connectivity index (χ0) is 9.83. The number of nitriles is 1. The molecule has 0 heterocycles. The lowest BCUT2D eigenvalue weighted by molar-refractivity contribution is 0.346. The Morgan fingerprint density at radius 3 is 2.00 bits per heavy atom. The zero-order valence-electron chi connectivity index (χ0n) is 8.86. The lowest BCUT2D eigenvalue weighted by atomic mass is 9.92. The summed E-state index contributed by atoms with van der Waals surface area (Å²) in [7, 11) is 0. The summed E-state index contributed by atoms with van der Waals surface area (Å²) >= 11 is 0. The van der Waals surface area contributed by atoms with Gasteiger partial charge in [0.25, 0.3) is 0 Å². The fraction of sp³-hybridized carbons (Fsp3) is 0.900. The van der Waals surface area contributed by atoms with Gasteiger partial charge in [0.05, 0.1) is 6.07 Å². The highest BCUT2D eigenvalue weighted by Crippen LogP contribution is 2.17. The SMILES string of the molecule is CC(C)(C)CCNC(C)(C)C#N. The highest BCUT2D eigenvalue weighted by molar-refractivity contribution is 4.99. The molecule has 0 spiro atoms. The van der Waals surface area contributed by atoms with Crippen LogP contribution in [0.2, 0.25) is 0 Å². The Kier molecular flexibility index (Phi) is 3.73. The number of nitrogens with zero attached hydrogens (tertiary/aromatic N) is 1. The quantitative estimate of drug-likeness (QED) is 0.702. The number of nitrogens with one attached hydrogen (secondary N) is 1. The van der Waals surface area contributed by atoms with Crippen molar-refractivity contribution in [2.45, 2.75) is 46.6 Å². The van der Waals surface area contributed by atoms with Crippen LogP contribution >= 0.6 is 0 Å². The van der Waals surface area contributed by atoms with E-state index < -0.39 is 0 Å². The third kappa shape index (κ3) is 6.18. The van der Waals surface area contributed by atoms with Gasteiger partial charge < -0.3 is 0 Å². The van der Waals surface area contributed by atoms with E-state index in [2.05, 4.69) is 32.2 Å². The molecule has 0 rings (SSSR count). The second kappa shape index (κ2) is 3.91. The highest BCUT2D eigenvalue weighted by Gasteiger charge is 2.16. The smallest absolute Gasteiger partial charge is 0.101 e. The van der Waals surface area contributed by atoms with E-state index in [1.807, 2.05) is 13.8 Å². The van der Waals surface area contributed by atoms with Crippen LogP contribution in [0, 0.1) is 16.7 Å². The Hall–Kier alpha value is -0.550. The van der Waals surface area contributed by atoms with Crippen LogP contribution in [-0.4, -0.2) is 12.1 Å².